The number of halogens is 1. The van der Waals surface area contributed by atoms with Crippen LogP contribution in [0.25, 0.3) is 0 Å². The van der Waals surface area contributed by atoms with Gasteiger partial charge in [-0.05, 0) is 35.4 Å². The van der Waals surface area contributed by atoms with E-state index in [9.17, 15) is 14.0 Å². The normalized spacial score (nSPS) is 9.83. The first kappa shape index (κ1) is 17.2. The van der Waals surface area contributed by atoms with E-state index in [2.05, 4.69) is 10.6 Å². The highest BCUT2D eigenvalue weighted by atomic mass is 19.1. The summed E-state index contributed by atoms with van der Waals surface area (Å²) in [6, 6.07) is 14.7. The number of benzene rings is 2. The number of nitrogens with one attached hydrogen (secondary N) is 2. The van der Waals surface area contributed by atoms with E-state index in [1.165, 1.54) is 12.1 Å². The van der Waals surface area contributed by atoms with Gasteiger partial charge in [-0.2, -0.15) is 5.26 Å². The summed E-state index contributed by atoms with van der Waals surface area (Å²) in [4.78, 5) is 23.2. The highest BCUT2D eigenvalue weighted by Crippen LogP contribution is 2.11. The van der Waals surface area contributed by atoms with Crippen LogP contribution in [0.5, 0.6) is 0 Å². The molecule has 0 atom stereocenters. The number of hydrogen-bond acceptors (Lipinski definition) is 3. The predicted molar refractivity (Wildman–Crippen MR) is 87.3 cm³/mol. The zero-order valence-corrected chi connectivity index (χ0v) is 12.9. The summed E-state index contributed by atoms with van der Waals surface area (Å²) < 4.78 is 13.1. The number of rotatable bonds is 6. The van der Waals surface area contributed by atoms with Crippen LogP contribution in [0.2, 0.25) is 0 Å². The lowest BCUT2D eigenvalue weighted by Gasteiger charge is -2.07. The van der Waals surface area contributed by atoms with Crippen molar-refractivity contribution in [3.05, 3.63) is 65.5 Å². The number of nitrogens with zero attached hydrogens (tertiary/aromatic N) is 1. The molecule has 2 N–H and O–H groups in total. The van der Waals surface area contributed by atoms with Gasteiger partial charge in [0, 0.05) is 12.2 Å². The minimum atomic E-state index is -0.372. The van der Waals surface area contributed by atoms with E-state index >= 15 is 0 Å². The molecule has 0 aliphatic rings. The minimum absolute atomic E-state index is 0.0870. The van der Waals surface area contributed by atoms with Gasteiger partial charge in [-0.15, -0.1) is 0 Å². The molecular weight excluding hydrogens is 309 g/mol. The molecule has 0 saturated carbocycles. The third-order valence-electron chi connectivity index (χ3n) is 3.22. The zero-order valence-electron chi connectivity index (χ0n) is 12.9. The highest BCUT2D eigenvalue weighted by molar-refractivity contribution is 5.92. The maximum atomic E-state index is 13.1. The Labute approximate surface area is 139 Å². The maximum absolute atomic E-state index is 13.1. The van der Waals surface area contributed by atoms with Crippen molar-refractivity contribution in [1.82, 2.24) is 5.32 Å². The quantitative estimate of drug-likeness (QED) is 0.856. The third kappa shape index (κ3) is 5.54. The van der Waals surface area contributed by atoms with E-state index in [4.69, 9.17) is 5.26 Å². The Balaban J connectivity index is 1.86. The number of amides is 2. The number of carbonyl (C=O) groups excluding carboxylic acids is 2. The Morgan fingerprint density at radius 2 is 1.79 bits per heavy atom. The van der Waals surface area contributed by atoms with Gasteiger partial charge in [-0.25, -0.2) is 4.39 Å². The molecule has 2 rings (SSSR count). The van der Waals surface area contributed by atoms with Crippen LogP contribution in [0, 0.1) is 17.1 Å². The average Bonchev–Trinajstić information content (AvgIpc) is 2.54. The molecule has 0 aliphatic carbocycles. The molecule has 0 unspecified atom stereocenters. The smallest absolute Gasteiger partial charge is 0.234 e. The fourth-order valence-electron chi connectivity index (χ4n) is 2.08. The summed E-state index contributed by atoms with van der Waals surface area (Å²) in [6.07, 6.45) is -0.0854. The molecule has 6 heteroatoms. The molecule has 5 nitrogen and oxygen atoms in total. The second kappa shape index (κ2) is 8.44. The van der Waals surface area contributed by atoms with Crippen molar-refractivity contribution < 1.29 is 14.0 Å². The van der Waals surface area contributed by atoms with Crippen molar-refractivity contribution in [3.63, 3.8) is 0 Å². The van der Waals surface area contributed by atoms with Gasteiger partial charge in [-0.1, -0.05) is 24.3 Å². The average molecular weight is 325 g/mol. The topological polar surface area (TPSA) is 82.0 Å². The fraction of sp³-hybridized carbons (Fsp3) is 0.167. The third-order valence-corrected chi connectivity index (χ3v) is 3.22. The summed E-state index contributed by atoms with van der Waals surface area (Å²) in [5, 5.41) is 13.7. The molecule has 0 fully saturated rings. The molecule has 122 valence electrons. The second-order valence-corrected chi connectivity index (χ2v) is 5.16. The Bertz CT molecular complexity index is 767. The van der Waals surface area contributed by atoms with Crippen molar-refractivity contribution in [2.45, 2.75) is 19.4 Å². The number of nitriles is 1. The summed E-state index contributed by atoms with van der Waals surface area (Å²) in [5.74, 6) is -0.941. The van der Waals surface area contributed by atoms with Crippen LogP contribution in [-0.2, 0) is 22.6 Å². The Morgan fingerprint density at radius 3 is 2.46 bits per heavy atom. The minimum Gasteiger partial charge on any atom is -0.351 e. The molecule has 0 saturated heterocycles. The van der Waals surface area contributed by atoms with E-state index < -0.39 is 0 Å². The van der Waals surface area contributed by atoms with Crippen LogP contribution in [0.15, 0.2) is 48.5 Å². The molecule has 0 radical (unpaired) electrons. The first-order valence-electron chi connectivity index (χ1n) is 7.33. The first-order valence-corrected chi connectivity index (χ1v) is 7.33. The van der Waals surface area contributed by atoms with E-state index in [0.717, 1.165) is 5.56 Å². The number of carbonyl (C=O) groups is 2. The van der Waals surface area contributed by atoms with Crippen molar-refractivity contribution in [3.8, 4) is 6.07 Å². The van der Waals surface area contributed by atoms with Gasteiger partial charge in [-0.3, -0.25) is 9.59 Å². The molecule has 2 aromatic rings. The largest absolute Gasteiger partial charge is 0.351 e. The lowest BCUT2D eigenvalue weighted by molar-refractivity contribution is -0.120. The van der Waals surface area contributed by atoms with Gasteiger partial charge in [0.2, 0.25) is 11.8 Å². The molecule has 0 aromatic heterocycles. The second-order valence-electron chi connectivity index (χ2n) is 5.16. The van der Waals surface area contributed by atoms with Gasteiger partial charge in [0.05, 0.1) is 12.5 Å². The van der Waals surface area contributed by atoms with E-state index in [0.29, 0.717) is 17.8 Å². The van der Waals surface area contributed by atoms with Crippen molar-refractivity contribution in [1.29, 1.82) is 5.26 Å². The Kier molecular flexibility index (Phi) is 6.03. The molecule has 0 spiro atoms. The first-order chi connectivity index (χ1) is 11.6. The van der Waals surface area contributed by atoms with E-state index in [1.807, 2.05) is 0 Å². The van der Waals surface area contributed by atoms with Crippen molar-refractivity contribution in [2.75, 3.05) is 5.32 Å². The number of hydrogen-bond donors (Lipinski definition) is 2. The van der Waals surface area contributed by atoms with Gasteiger partial charge in [0.25, 0.3) is 0 Å². The summed E-state index contributed by atoms with van der Waals surface area (Å²) in [7, 11) is 0. The van der Waals surface area contributed by atoms with Crippen LogP contribution in [0.4, 0.5) is 10.1 Å². The molecule has 0 heterocycles. The van der Waals surface area contributed by atoms with Gasteiger partial charge in [0.1, 0.15) is 12.2 Å². The van der Waals surface area contributed by atoms with Crippen molar-refractivity contribution in [2.24, 2.45) is 0 Å². The van der Waals surface area contributed by atoms with Gasteiger partial charge < -0.3 is 10.6 Å². The predicted octanol–water partition coefficient (Wildman–Crippen LogP) is 2.54. The lowest BCUT2D eigenvalue weighted by atomic mass is 10.1. The van der Waals surface area contributed by atoms with Crippen LogP contribution in [0.3, 0.4) is 0 Å². The van der Waals surface area contributed by atoms with Crippen molar-refractivity contribution >= 4 is 17.5 Å². The van der Waals surface area contributed by atoms with Crippen LogP contribution < -0.4 is 10.6 Å². The molecule has 2 amide bonds. The lowest BCUT2D eigenvalue weighted by Crippen LogP contribution is -2.21. The standard InChI is InChI=1S/C18H16FN3O2/c19-15-3-1-2-14(10-15)11-18(24)22-16-6-4-13(5-7-16)12-21-17(23)8-9-20/h1-7,10H,8,11-12H2,(H,21,23)(H,22,24). The monoisotopic (exact) mass is 325 g/mol. The summed E-state index contributed by atoms with van der Waals surface area (Å²) in [5.41, 5.74) is 2.07. The molecule has 24 heavy (non-hydrogen) atoms. The summed E-state index contributed by atoms with van der Waals surface area (Å²) >= 11 is 0. The van der Waals surface area contributed by atoms with Crippen LogP contribution in [-0.4, -0.2) is 11.8 Å². The fourth-order valence-corrected chi connectivity index (χ4v) is 2.08. The molecule has 0 bridgehead atoms. The SMILES string of the molecule is N#CCC(=O)NCc1ccc(NC(=O)Cc2cccc(F)c2)cc1. The Morgan fingerprint density at radius 1 is 1.04 bits per heavy atom. The molecule has 2 aromatic carbocycles. The molecular formula is C18H16FN3O2. The Hall–Kier alpha value is -3.20. The van der Waals surface area contributed by atoms with E-state index in [1.54, 1.807) is 42.5 Å². The number of anilines is 1. The van der Waals surface area contributed by atoms with Crippen LogP contribution in [0.1, 0.15) is 17.5 Å². The van der Waals surface area contributed by atoms with Gasteiger partial charge in [0.15, 0.2) is 0 Å². The molecule has 0 aliphatic heterocycles. The maximum Gasteiger partial charge on any atom is 0.234 e. The van der Waals surface area contributed by atoms with E-state index in [-0.39, 0.29) is 30.5 Å². The van der Waals surface area contributed by atoms with Crippen LogP contribution >= 0.6 is 0 Å². The van der Waals surface area contributed by atoms with Gasteiger partial charge >= 0.3 is 0 Å². The summed E-state index contributed by atoms with van der Waals surface area (Å²) in [6.45, 7) is 0.317. The zero-order chi connectivity index (χ0) is 17.4. The highest BCUT2D eigenvalue weighted by Gasteiger charge is 2.05.